The van der Waals surface area contributed by atoms with Gasteiger partial charge in [-0.15, -0.1) is 0 Å². The van der Waals surface area contributed by atoms with E-state index in [1.807, 2.05) is 0 Å². The fourth-order valence-corrected chi connectivity index (χ4v) is 4.51. The van der Waals surface area contributed by atoms with Crippen LogP contribution in [0.3, 0.4) is 0 Å². The maximum absolute atomic E-state index is 13.4. The highest BCUT2D eigenvalue weighted by Gasteiger charge is 2.33. The van der Waals surface area contributed by atoms with Gasteiger partial charge in [0, 0.05) is 57.0 Å². The van der Waals surface area contributed by atoms with Gasteiger partial charge < -0.3 is 14.7 Å². The maximum Gasteiger partial charge on any atom is 0.416 e. The number of benzene rings is 2. The smallest absolute Gasteiger partial charge is 0.371 e. The number of nitro groups is 1. The van der Waals surface area contributed by atoms with Gasteiger partial charge in [0.2, 0.25) is 0 Å². The first-order chi connectivity index (χ1) is 16.6. The Morgan fingerprint density at radius 3 is 2.06 bits per heavy atom. The monoisotopic (exact) mass is 490 g/mol. The quantitative estimate of drug-likeness (QED) is 0.474. The molecule has 0 aliphatic carbocycles. The van der Waals surface area contributed by atoms with Gasteiger partial charge >= 0.3 is 6.18 Å². The Morgan fingerprint density at radius 1 is 0.829 bits per heavy atom. The minimum atomic E-state index is -4.55. The van der Waals surface area contributed by atoms with Crippen LogP contribution in [-0.2, 0) is 6.18 Å². The molecule has 8 nitrogen and oxygen atoms in total. The van der Waals surface area contributed by atoms with E-state index in [1.165, 1.54) is 34.1 Å². The third kappa shape index (κ3) is 5.39. The molecule has 2 aromatic carbocycles. The Bertz CT molecular complexity index is 1120. The van der Waals surface area contributed by atoms with E-state index < -0.39 is 22.6 Å². The second-order valence-electron chi connectivity index (χ2n) is 8.67. The van der Waals surface area contributed by atoms with Crippen molar-refractivity contribution in [1.82, 2.24) is 9.80 Å². The minimum Gasteiger partial charge on any atom is -0.371 e. The molecule has 2 fully saturated rings. The number of piperidine rings is 1. The summed E-state index contributed by atoms with van der Waals surface area (Å²) in [4.78, 5) is 42.0. The first-order valence-corrected chi connectivity index (χ1v) is 11.4. The number of alkyl halides is 3. The van der Waals surface area contributed by atoms with Crippen molar-refractivity contribution in [2.24, 2.45) is 0 Å². The molecule has 4 rings (SSSR count). The maximum atomic E-state index is 13.4. The van der Waals surface area contributed by atoms with Crippen LogP contribution < -0.4 is 4.90 Å². The van der Waals surface area contributed by atoms with Crippen molar-refractivity contribution < 1.29 is 27.7 Å². The van der Waals surface area contributed by atoms with Gasteiger partial charge in [-0.25, -0.2) is 0 Å². The molecule has 0 spiro atoms. The molecular formula is C24H25F3N4O4. The van der Waals surface area contributed by atoms with Gasteiger partial charge in [-0.05, 0) is 43.5 Å². The van der Waals surface area contributed by atoms with Gasteiger partial charge in [-0.2, -0.15) is 13.2 Å². The lowest BCUT2D eigenvalue weighted by atomic mass is 10.0. The van der Waals surface area contributed by atoms with Gasteiger partial charge in [-0.1, -0.05) is 6.07 Å². The molecule has 186 valence electrons. The number of anilines is 1. The number of carbonyl (C=O) groups excluding carboxylic acids is 2. The molecule has 0 radical (unpaired) electrons. The number of amides is 2. The van der Waals surface area contributed by atoms with Crippen molar-refractivity contribution in [2.75, 3.05) is 44.2 Å². The Labute approximate surface area is 200 Å². The van der Waals surface area contributed by atoms with Crippen LogP contribution in [0.4, 0.5) is 24.5 Å². The second-order valence-corrected chi connectivity index (χ2v) is 8.67. The molecule has 11 heteroatoms. The lowest BCUT2D eigenvalue weighted by molar-refractivity contribution is -0.384. The average Bonchev–Trinajstić information content (AvgIpc) is 2.87. The topological polar surface area (TPSA) is 87.0 Å². The van der Waals surface area contributed by atoms with Crippen molar-refractivity contribution >= 4 is 23.2 Å². The van der Waals surface area contributed by atoms with Crippen molar-refractivity contribution in [3.05, 3.63) is 69.3 Å². The van der Waals surface area contributed by atoms with Crippen LogP contribution in [0.5, 0.6) is 0 Å². The Hall–Kier alpha value is -3.63. The van der Waals surface area contributed by atoms with Gasteiger partial charge in [0.1, 0.15) is 0 Å². The first kappa shape index (κ1) is 24.5. The number of nitrogens with zero attached hydrogens (tertiary/aromatic N) is 4. The number of nitro benzene ring substituents is 1. The predicted molar refractivity (Wildman–Crippen MR) is 122 cm³/mol. The van der Waals surface area contributed by atoms with Crippen molar-refractivity contribution in [1.29, 1.82) is 0 Å². The van der Waals surface area contributed by atoms with Crippen LogP contribution in [0, 0.1) is 10.1 Å². The average molecular weight is 490 g/mol. The molecule has 2 aliphatic rings. The van der Waals surface area contributed by atoms with Gasteiger partial charge in [0.15, 0.2) is 0 Å². The molecule has 0 N–H and O–H groups in total. The normalized spacial score (nSPS) is 16.8. The van der Waals surface area contributed by atoms with E-state index in [0.717, 1.165) is 44.5 Å². The lowest BCUT2D eigenvalue weighted by Gasteiger charge is -2.36. The number of rotatable bonds is 4. The van der Waals surface area contributed by atoms with E-state index in [0.29, 0.717) is 5.69 Å². The van der Waals surface area contributed by atoms with E-state index >= 15 is 0 Å². The molecule has 35 heavy (non-hydrogen) atoms. The summed E-state index contributed by atoms with van der Waals surface area (Å²) in [6.07, 6.45) is -1.51. The highest BCUT2D eigenvalue weighted by atomic mass is 19.4. The van der Waals surface area contributed by atoms with Gasteiger partial charge in [0.25, 0.3) is 17.5 Å². The SMILES string of the molecule is O=C(c1cccc(C(F)(F)F)c1)N1CCN(C(=O)c2cc([N+](=O)[O-])ccc2N2CCCCC2)CC1. The molecule has 0 aromatic heterocycles. The Balaban J connectivity index is 1.49. The van der Waals surface area contributed by atoms with Crippen LogP contribution >= 0.6 is 0 Å². The standard InChI is InChI=1S/C24H25F3N4O4/c25-24(26,27)18-6-4-5-17(15-18)22(32)29-11-13-30(14-12-29)23(33)20-16-19(31(34)35)7-8-21(20)28-9-2-1-3-10-28/h4-8,15-16H,1-3,9-14H2. The van der Waals surface area contributed by atoms with Crippen LogP contribution in [0.15, 0.2) is 42.5 Å². The molecule has 2 aromatic rings. The summed E-state index contributed by atoms with van der Waals surface area (Å²) in [5.74, 6) is -0.895. The number of carbonyl (C=O) groups is 2. The molecule has 0 atom stereocenters. The van der Waals surface area contributed by atoms with Crippen LogP contribution in [-0.4, -0.2) is 65.8 Å². The Kier molecular flexibility index (Phi) is 6.95. The molecule has 2 amide bonds. The van der Waals surface area contributed by atoms with E-state index in [4.69, 9.17) is 0 Å². The fourth-order valence-electron chi connectivity index (χ4n) is 4.51. The molecule has 2 heterocycles. The first-order valence-electron chi connectivity index (χ1n) is 11.4. The molecule has 2 saturated heterocycles. The summed E-state index contributed by atoms with van der Waals surface area (Å²) in [7, 11) is 0. The molecule has 0 unspecified atom stereocenters. The fraction of sp³-hybridized carbons (Fsp3) is 0.417. The zero-order valence-electron chi connectivity index (χ0n) is 19.0. The van der Waals surface area contributed by atoms with Crippen LogP contribution in [0.1, 0.15) is 45.5 Å². The highest BCUT2D eigenvalue weighted by molar-refractivity contribution is 6.01. The van der Waals surface area contributed by atoms with E-state index in [-0.39, 0.29) is 48.9 Å². The van der Waals surface area contributed by atoms with E-state index in [1.54, 1.807) is 6.07 Å². The van der Waals surface area contributed by atoms with Crippen LogP contribution in [0.25, 0.3) is 0 Å². The zero-order chi connectivity index (χ0) is 25.2. The predicted octanol–water partition coefficient (Wildman–Crippen LogP) is 4.20. The summed E-state index contributed by atoms with van der Waals surface area (Å²) in [6.45, 7) is 2.16. The van der Waals surface area contributed by atoms with Crippen molar-refractivity contribution in [3.8, 4) is 0 Å². The number of piperazine rings is 1. The summed E-state index contributed by atoms with van der Waals surface area (Å²) in [6, 6.07) is 8.58. The van der Waals surface area contributed by atoms with E-state index in [2.05, 4.69) is 4.90 Å². The second kappa shape index (κ2) is 9.93. The van der Waals surface area contributed by atoms with Crippen molar-refractivity contribution in [2.45, 2.75) is 25.4 Å². The van der Waals surface area contributed by atoms with E-state index in [9.17, 15) is 32.9 Å². The minimum absolute atomic E-state index is 0.0642. The number of hydrogen-bond donors (Lipinski definition) is 0. The van der Waals surface area contributed by atoms with Crippen LogP contribution in [0.2, 0.25) is 0 Å². The Morgan fingerprint density at radius 2 is 1.46 bits per heavy atom. The molecular weight excluding hydrogens is 465 g/mol. The summed E-state index contributed by atoms with van der Waals surface area (Å²) in [5.41, 5.74) is -0.229. The lowest BCUT2D eigenvalue weighted by Crippen LogP contribution is -2.50. The summed E-state index contributed by atoms with van der Waals surface area (Å²) in [5, 5.41) is 11.3. The van der Waals surface area contributed by atoms with Crippen molar-refractivity contribution in [3.63, 3.8) is 0 Å². The largest absolute Gasteiger partial charge is 0.416 e. The van der Waals surface area contributed by atoms with Gasteiger partial charge in [-0.3, -0.25) is 19.7 Å². The number of non-ortho nitro benzene ring substituents is 1. The third-order valence-corrected chi connectivity index (χ3v) is 6.41. The summed E-state index contributed by atoms with van der Waals surface area (Å²) < 4.78 is 39.0. The molecule has 0 bridgehead atoms. The van der Waals surface area contributed by atoms with Gasteiger partial charge in [0.05, 0.1) is 21.7 Å². The highest BCUT2D eigenvalue weighted by Crippen LogP contribution is 2.31. The molecule has 2 aliphatic heterocycles. The number of hydrogen-bond acceptors (Lipinski definition) is 5. The number of halogens is 3. The molecule has 0 saturated carbocycles. The third-order valence-electron chi connectivity index (χ3n) is 6.41. The summed E-state index contributed by atoms with van der Waals surface area (Å²) >= 11 is 0. The zero-order valence-corrected chi connectivity index (χ0v) is 19.0.